The summed E-state index contributed by atoms with van der Waals surface area (Å²) in [5, 5.41) is 0.842. The molecule has 0 aliphatic carbocycles. The quantitative estimate of drug-likeness (QED) is 0.180. The van der Waals surface area contributed by atoms with Gasteiger partial charge in [-0.1, -0.05) is 42.0 Å². The largest absolute Gasteiger partial charge is 0.471 e. The van der Waals surface area contributed by atoms with E-state index in [1.54, 1.807) is 12.4 Å². The molecule has 0 saturated heterocycles. The summed E-state index contributed by atoms with van der Waals surface area (Å²) in [4.78, 5) is 8.59. The third-order valence-electron chi connectivity index (χ3n) is 5.41. The van der Waals surface area contributed by atoms with Crippen LogP contribution in [-0.4, -0.2) is 9.97 Å². The van der Waals surface area contributed by atoms with E-state index < -0.39 is 0 Å². The molecular formula is C30H18IrN2O3-2. The average Bonchev–Trinajstić information content (AvgIpc) is 3.31. The average molecular weight is 647 g/mol. The van der Waals surface area contributed by atoms with Crippen molar-refractivity contribution in [1.82, 2.24) is 9.97 Å². The Kier molecular flexibility index (Phi) is 6.89. The molecule has 0 N–H and O–H groups in total. The van der Waals surface area contributed by atoms with E-state index in [4.69, 9.17) is 13.9 Å². The van der Waals surface area contributed by atoms with Gasteiger partial charge >= 0.3 is 5.95 Å². The van der Waals surface area contributed by atoms with Crippen LogP contribution in [0.3, 0.4) is 0 Å². The third-order valence-corrected chi connectivity index (χ3v) is 5.41. The van der Waals surface area contributed by atoms with Crippen LogP contribution in [0.1, 0.15) is 0 Å². The molecule has 5 nitrogen and oxygen atoms in total. The molecule has 3 aromatic heterocycles. The zero-order valence-electron chi connectivity index (χ0n) is 18.8. The maximum Gasteiger partial charge on any atom is 0.325 e. The van der Waals surface area contributed by atoms with Crippen LogP contribution in [-0.2, 0) is 20.1 Å². The van der Waals surface area contributed by atoms with Gasteiger partial charge in [-0.25, -0.2) is 0 Å². The van der Waals surface area contributed by atoms with Crippen molar-refractivity contribution in [3.8, 4) is 45.7 Å². The molecule has 0 amide bonds. The van der Waals surface area contributed by atoms with E-state index in [0.29, 0.717) is 28.8 Å². The van der Waals surface area contributed by atoms with E-state index in [-0.39, 0.29) is 20.1 Å². The van der Waals surface area contributed by atoms with Gasteiger partial charge in [0.2, 0.25) is 0 Å². The van der Waals surface area contributed by atoms with Crippen LogP contribution in [0.25, 0.3) is 33.5 Å². The topological polar surface area (TPSA) is 57.4 Å². The van der Waals surface area contributed by atoms with Gasteiger partial charge in [-0.3, -0.25) is 0 Å². The fourth-order valence-corrected chi connectivity index (χ4v) is 3.79. The number of nitrogens with zero attached hydrogens (tertiary/aromatic N) is 2. The van der Waals surface area contributed by atoms with Crippen LogP contribution in [0.2, 0.25) is 0 Å². The summed E-state index contributed by atoms with van der Waals surface area (Å²) in [6.07, 6.45) is 3.53. The van der Waals surface area contributed by atoms with Crippen LogP contribution < -0.4 is 9.47 Å². The maximum atomic E-state index is 5.97. The molecule has 6 aromatic rings. The SMILES string of the molecule is [Ir].[c-]1ccc2c3c(oc2c1-c1ccccn1)Oc1ccccc1O3.[c-]1ccccc1-c1ccccn1. The van der Waals surface area contributed by atoms with E-state index >= 15 is 0 Å². The first-order valence-electron chi connectivity index (χ1n) is 11.1. The molecule has 36 heavy (non-hydrogen) atoms. The molecule has 6 heteroatoms. The van der Waals surface area contributed by atoms with Gasteiger partial charge in [-0.15, -0.1) is 54.1 Å². The summed E-state index contributed by atoms with van der Waals surface area (Å²) in [6.45, 7) is 0. The number of hydrogen-bond acceptors (Lipinski definition) is 5. The van der Waals surface area contributed by atoms with E-state index in [9.17, 15) is 0 Å². The third kappa shape index (κ3) is 4.65. The first-order chi connectivity index (χ1) is 17.4. The van der Waals surface area contributed by atoms with Crippen LogP contribution in [0.4, 0.5) is 0 Å². The predicted octanol–water partition coefficient (Wildman–Crippen LogP) is 7.74. The molecule has 4 heterocycles. The Bertz CT molecular complexity index is 1550. The fourth-order valence-electron chi connectivity index (χ4n) is 3.79. The zero-order valence-corrected chi connectivity index (χ0v) is 21.2. The van der Waals surface area contributed by atoms with Gasteiger partial charge < -0.3 is 23.9 Å². The molecule has 0 unspecified atom stereocenters. The second kappa shape index (κ2) is 10.6. The van der Waals surface area contributed by atoms with Crippen LogP contribution in [0, 0.1) is 12.1 Å². The molecule has 1 aliphatic heterocycles. The number of pyridine rings is 2. The number of benzene rings is 3. The van der Waals surface area contributed by atoms with E-state index in [1.165, 1.54) is 0 Å². The van der Waals surface area contributed by atoms with E-state index in [1.807, 2.05) is 97.1 Å². The Morgan fingerprint density at radius 3 is 2.00 bits per heavy atom. The number of ether oxygens (including phenoxy) is 2. The molecule has 7 rings (SSSR count). The summed E-state index contributed by atoms with van der Waals surface area (Å²) in [7, 11) is 0. The molecule has 0 fully saturated rings. The summed E-state index contributed by atoms with van der Waals surface area (Å²) < 4.78 is 17.7. The molecule has 177 valence electrons. The van der Waals surface area contributed by atoms with Crippen LogP contribution in [0.15, 0.2) is 114 Å². The van der Waals surface area contributed by atoms with Crippen molar-refractivity contribution < 1.29 is 34.0 Å². The second-order valence-electron chi connectivity index (χ2n) is 7.67. The van der Waals surface area contributed by atoms with Crippen molar-refractivity contribution in [3.05, 3.63) is 122 Å². The maximum absolute atomic E-state index is 5.97. The minimum atomic E-state index is 0. The van der Waals surface area contributed by atoms with Gasteiger partial charge in [0.05, 0.1) is 5.58 Å². The molecule has 1 aliphatic rings. The number of hydrogen-bond donors (Lipinski definition) is 0. The van der Waals surface area contributed by atoms with E-state index in [0.717, 1.165) is 27.9 Å². The Labute approximate surface area is 221 Å². The molecule has 1 radical (unpaired) electrons. The molecule has 0 saturated carbocycles. The predicted molar refractivity (Wildman–Crippen MR) is 133 cm³/mol. The van der Waals surface area contributed by atoms with Crippen molar-refractivity contribution in [2.75, 3.05) is 0 Å². The van der Waals surface area contributed by atoms with Crippen molar-refractivity contribution in [2.24, 2.45) is 0 Å². The van der Waals surface area contributed by atoms with Gasteiger partial charge in [0.1, 0.15) is 0 Å². The Hall–Kier alpha value is -4.25. The van der Waals surface area contributed by atoms with Crippen LogP contribution >= 0.6 is 0 Å². The molecule has 3 aromatic carbocycles. The molecule has 0 bridgehead atoms. The van der Waals surface area contributed by atoms with Gasteiger partial charge in [0, 0.05) is 32.5 Å². The van der Waals surface area contributed by atoms with Crippen molar-refractivity contribution in [3.63, 3.8) is 0 Å². The Morgan fingerprint density at radius 1 is 0.611 bits per heavy atom. The first kappa shape index (κ1) is 23.5. The van der Waals surface area contributed by atoms with E-state index in [2.05, 4.69) is 22.1 Å². The van der Waals surface area contributed by atoms with Crippen molar-refractivity contribution in [2.45, 2.75) is 0 Å². The van der Waals surface area contributed by atoms with Crippen molar-refractivity contribution in [1.29, 1.82) is 0 Å². The number of para-hydroxylation sites is 2. The molecular weight excluding hydrogens is 629 g/mol. The zero-order chi connectivity index (χ0) is 23.5. The van der Waals surface area contributed by atoms with Gasteiger partial charge in [0.15, 0.2) is 17.2 Å². The number of fused-ring (bicyclic) bond motifs is 4. The minimum Gasteiger partial charge on any atom is -0.471 e. The number of rotatable bonds is 2. The monoisotopic (exact) mass is 647 g/mol. The number of aromatic nitrogens is 2. The smallest absolute Gasteiger partial charge is 0.325 e. The van der Waals surface area contributed by atoms with Crippen molar-refractivity contribution >= 4 is 11.0 Å². The standard InChI is InChI=1S/C19H10NO3.C11H8N.Ir/c1-2-10-16-15(9-1)21-18-13-7-5-6-12(14-8-3-4-11-20-14)17(13)23-19(18)22-16;1-2-6-10(7-3-1)11-8-4-5-9-12-11;/h1-5,7-11H;1-6,8-9H;/q2*-1;. The molecule has 0 atom stereocenters. The second-order valence-corrected chi connectivity index (χ2v) is 7.67. The number of furan rings is 1. The van der Waals surface area contributed by atoms with Gasteiger partial charge in [-0.05, 0) is 41.0 Å². The Balaban J connectivity index is 0.000000175. The summed E-state index contributed by atoms with van der Waals surface area (Å²) in [5.41, 5.74) is 4.25. The summed E-state index contributed by atoms with van der Waals surface area (Å²) >= 11 is 0. The Morgan fingerprint density at radius 2 is 1.31 bits per heavy atom. The van der Waals surface area contributed by atoms with Crippen LogP contribution in [0.5, 0.6) is 23.2 Å². The normalized spacial score (nSPS) is 11.0. The summed E-state index contributed by atoms with van der Waals surface area (Å²) in [5.74, 6) is 2.26. The molecule has 0 spiro atoms. The van der Waals surface area contributed by atoms with Gasteiger partial charge in [0.25, 0.3) is 0 Å². The fraction of sp³-hybridized carbons (Fsp3) is 0. The minimum absolute atomic E-state index is 0. The van der Waals surface area contributed by atoms with Gasteiger partial charge in [-0.2, -0.15) is 0 Å². The summed E-state index contributed by atoms with van der Waals surface area (Å²) in [6, 6.07) is 37.0. The first-order valence-corrected chi connectivity index (χ1v) is 11.1.